The van der Waals surface area contributed by atoms with Gasteiger partial charge in [-0.2, -0.15) is 5.26 Å². The second kappa shape index (κ2) is 8.14. The van der Waals surface area contributed by atoms with Gasteiger partial charge in [-0.25, -0.2) is 9.97 Å². The number of carbonyl (C=O) groups excluding carboxylic acids is 1. The van der Waals surface area contributed by atoms with E-state index in [9.17, 15) is 10.1 Å². The Hall–Kier alpha value is -2.20. The quantitative estimate of drug-likeness (QED) is 0.719. The molecule has 1 aliphatic heterocycles. The van der Waals surface area contributed by atoms with Crippen molar-refractivity contribution in [2.24, 2.45) is 17.8 Å². The first-order chi connectivity index (χ1) is 14.6. The minimum atomic E-state index is 0.0301. The van der Waals surface area contributed by atoms with Crippen molar-refractivity contribution < 1.29 is 4.79 Å². The van der Waals surface area contributed by atoms with E-state index in [1.807, 2.05) is 6.07 Å². The van der Waals surface area contributed by atoms with Crippen LogP contribution in [0.5, 0.6) is 0 Å². The Labute approximate surface area is 179 Å². The zero-order valence-electron chi connectivity index (χ0n) is 17.7. The average molecular weight is 409 g/mol. The Bertz CT molecular complexity index is 762. The molecule has 160 valence electrons. The van der Waals surface area contributed by atoms with Gasteiger partial charge in [0, 0.05) is 50.7 Å². The molecule has 1 amide bonds. The molecule has 5 fully saturated rings. The van der Waals surface area contributed by atoms with E-state index in [0.29, 0.717) is 19.5 Å². The van der Waals surface area contributed by atoms with Gasteiger partial charge < -0.3 is 9.80 Å². The number of hydrogen-bond acceptors (Lipinski definition) is 6. The largest absolute Gasteiger partial charge is 0.338 e. The maximum absolute atomic E-state index is 13.5. The summed E-state index contributed by atoms with van der Waals surface area (Å²) in [7, 11) is 0. The predicted molar refractivity (Wildman–Crippen MR) is 114 cm³/mol. The summed E-state index contributed by atoms with van der Waals surface area (Å²) in [6.07, 6.45) is 11.6. The van der Waals surface area contributed by atoms with Crippen molar-refractivity contribution in [3.05, 3.63) is 18.5 Å². The minimum absolute atomic E-state index is 0.0301. The molecule has 2 heterocycles. The fourth-order valence-electron chi connectivity index (χ4n) is 7.02. The van der Waals surface area contributed by atoms with Gasteiger partial charge in [0.2, 0.25) is 11.9 Å². The molecule has 0 radical (unpaired) electrons. The first-order valence-electron chi connectivity index (χ1n) is 11.6. The van der Waals surface area contributed by atoms with Gasteiger partial charge in [-0.3, -0.25) is 9.69 Å². The van der Waals surface area contributed by atoms with E-state index < -0.39 is 0 Å². The van der Waals surface area contributed by atoms with Gasteiger partial charge in [0.05, 0.1) is 19.0 Å². The molecule has 7 heteroatoms. The van der Waals surface area contributed by atoms with Crippen molar-refractivity contribution in [2.75, 3.05) is 44.2 Å². The summed E-state index contributed by atoms with van der Waals surface area (Å²) in [5.41, 5.74) is 0.0301. The van der Waals surface area contributed by atoms with Gasteiger partial charge in [0.1, 0.15) is 0 Å². The molecule has 0 spiro atoms. The topological polar surface area (TPSA) is 76.4 Å². The molecule has 0 N–H and O–H groups in total. The molecule has 0 aromatic carbocycles. The Morgan fingerprint density at radius 2 is 1.67 bits per heavy atom. The molecule has 0 atom stereocenters. The van der Waals surface area contributed by atoms with Gasteiger partial charge in [-0.15, -0.1) is 0 Å². The number of nitriles is 1. The van der Waals surface area contributed by atoms with Crippen LogP contribution in [0, 0.1) is 29.1 Å². The van der Waals surface area contributed by atoms with E-state index in [1.54, 1.807) is 12.4 Å². The fraction of sp³-hybridized carbons (Fsp3) is 0.739. The van der Waals surface area contributed by atoms with Gasteiger partial charge >= 0.3 is 0 Å². The maximum atomic E-state index is 13.5. The van der Waals surface area contributed by atoms with Crippen molar-refractivity contribution in [2.45, 2.75) is 50.5 Å². The number of amides is 1. The number of hydrogen-bond donors (Lipinski definition) is 0. The third-order valence-corrected chi connectivity index (χ3v) is 7.89. The fourth-order valence-corrected chi connectivity index (χ4v) is 7.02. The second-order valence-corrected chi connectivity index (χ2v) is 9.91. The normalized spacial score (nSPS) is 32.8. The van der Waals surface area contributed by atoms with Crippen LogP contribution >= 0.6 is 0 Å². The van der Waals surface area contributed by atoms with Gasteiger partial charge in [-0.05, 0) is 62.3 Å². The molecule has 4 bridgehead atoms. The number of rotatable bonds is 6. The molecular formula is C23H32N6O. The monoisotopic (exact) mass is 408 g/mol. The molecule has 0 unspecified atom stereocenters. The number of carbonyl (C=O) groups is 1. The lowest BCUT2D eigenvalue weighted by Gasteiger charge is -2.60. The lowest BCUT2D eigenvalue weighted by molar-refractivity contribution is -0.151. The average Bonchev–Trinajstić information content (AvgIpc) is 2.74. The highest BCUT2D eigenvalue weighted by atomic mass is 16.2. The summed E-state index contributed by atoms with van der Waals surface area (Å²) in [5, 5.41) is 9.22. The van der Waals surface area contributed by atoms with Crippen LogP contribution in [0.3, 0.4) is 0 Å². The van der Waals surface area contributed by atoms with Crippen LogP contribution in [0.25, 0.3) is 0 Å². The molecule has 7 nitrogen and oxygen atoms in total. The van der Waals surface area contributed by atoms with E-state index >= 15 is 0 Å². The minimum Gasteiger partial charge on any atom is -0.338 e. The van der Waals surface area contributed by atoms with E-state index in [1.165, 1.54) is 19.3 Å². The number of aromatic nitrogens is 2. The number of piperazine rings is 1. The zero-order valence-corrected chi connectivity index (χ0v) is 17.7. The van der Waals surface area contributed by atoms with Crippen LogP contribution in [0.4, 0.5) is 5.95 Å². The van der Waals surface area contributed by atoms with Crippen molar-refractivity contribution in [1.82, 2.24) is 19.8 Å². The SMILES string of the molecule is N#CCCN(C(=O)CN1CCN(c2ncccn2)CC1)C12CC3CC(CC(C3)C1)C2. The molecular weight excluding hydrogens is 376 g/mol. The highest BCUT2D eigenvalue weighted by Crippen LogP contribution is 2.57. The summed E-state index contributed by atoms with van der Waals surface area (Å²) in [4.78, 5) is 28.8. The molecule has 1 aromatic rings. The van der Waals surface area contributed by atoms with Crippen LogP contribution in [-0.2, 0) is 4.79 Å². The summed E-state index contributed by atoms with van der Waals surface area (Å²) in [6.45, 7) is 4.43. The van der Waals surface area contributed by atoms with Crippen LogP contribution in [0.1, 0.15) is 44.9 Å². The standard InChI is InChI=1S/C23H32N6O/c24-3-1-6-29(23-14-18-11-19(15-23)13-20(12-18)16-23)21(30)17-27-7-9-28(10-8-27)22-25-4-2-5-26-22/h2,4-5,18-20H,1,6-17H2. The van der Waals surface area contributed by atoms with E-state index in [0.717, 1.165) is 69.1 Å². The molecule has 30 heavy (non-hydrogen) atoms. The Kier molecular flexibility index (Phi) is 5.36. The highest BCUT2D eigenvalue weighted by Gasteiger charge is 2.54. The third kappa shape index (κ3) is 3.78. The van der Waals surface area contributed by atoms with E-state index in [4.69, 9.17) is 0 Å². The van der Waals surface area contributed by atoms with E-state index in [-0.39, 0.29) is 11.4 Å². The van der Waals surface area contributed by atoms with Gasteiger partial charge in [0.25, 0.3) is 0 Å². The molecule has 5 aliphatic rings. The molecule has 1 aromatic heterocycles. The van der Waals surface area contributed by atoms with Crippen LogP contribution in [0.15, 0.2) is 18.5 Å². The van der Waals surface area contributed by atoms with Crippen molar-refractivity contribution in [3.63, 3.8) is 0 Å². The van der Waals surface area contributed by atoms with Crippen molar-refractivity contribution in [1.29, 1.82) is 5.26 Å². The van der Waals surface area contributed by atoms with Gasteiger partial charge in [-0.1, -0.05) is 0 Å². The first-order valence-corrected chi connectivity index (χ1v) is 11.6. The first kappa shape index (κ1) is 19.7. The Morgan fingerprint density at radius 3 is 2.23 bits per heavy atom. The summed E-state index contributed by atoms with van der Waals surface area (Å²) in [5.74, 6) is 3.39. The highest BCUT2D eigenvalue weighted by molar-refractivity contribution is 5.79. The summed E-state index contributed by atoms with van der Waals surface area (Å²) in [6, 6.07) is 4.12. The second-order valence-electron chi connectivity index (χ2n) is 9.91. The Balaban J connectivity index is 1.24. The predicted octanol–water partition coefficient (Wildman–Crippen LogP) is 2.31. The number of anilines is 1. The molecule has 4 saturated carbocycles. The zero-order chi connectivity index (χ0) is 20.6. The third-order valence-electron chi connectivity index (χ3n) is 7.89. The molecule has 4 aliphatic carbocycles. The lowest BCUT2D eigenvalue weighted by atomic mass is 9.52. The molecule has 1 saturated heterocycles. The van der Waals surface area contributed by atoms with Crippen molar-refractivity contribution >= 4 is 11.9 Å². The summed E-state index contributed by atoms with van der Waals surface area (Å²) >= 11 is 0. The Morgan fingerprint density at radius 1 is 1.07 bits per heavy atom. The lowest BCUT2D eigenvalue weighted by Crippen LogP contribution is -2.63. The smallest absolute Gasteiger partial charge is 0.237 e. The maximum Gasteiger partial charge on any atom is 0.237 e. The number of nitrogens with zero attached hydrogens (tertiary/aromatic N) is 6. The van der Waals surface area contributed by atoms with Crippen LogP contribution in [-0.4, -0.2) is 70.5 Å². The van der Waals surface area contributed by atoms with Crippen LogP contribution < -0.4 is 4.90 Å². The van der Waals surface area contributed by atoms with E-state index in [2.05, 4.69) is 30.7 Å². The molecule has 6 rings (SSSR count). The van der Waals surface area contributed by atoms with Crippen molar-refractivity contribution in [3.8, 4) is 6.07 Å². The van der Waals surface area contributed by atoms with Gasteiger partial charge in [0.15, 0.2) is 0 Å². The van der Waals surface area contributed by atoms with Crippen LogP contribution in [0.2, 0.25) is 0 Å². The summed E-state index contributed by atoms with van der Waals surface area (Å²) < 4.78 is 0.